The van der Waals surface area contributed by atoms with Gasteiger partial charge in [-0.2, -0.15) is 0 Å². The lowest BCUT2D eigenvalue weighted by Crippen LogP contribution is -2.24. The van der Waals surface area contributed by atoms with Crippen LogP contribution in [0.2, 0.25) is 0 Å². The van der Waals surface area contributed by atoms with E-state index in [2.05, 4.69) is 34.2 Å². The Kier molecular flexibility index (Phi) is 5.50. The second kappa shape index (κ2) is 8.22. The van der Waals surface area contributed by atoms with Crippen LogP contribution in [0.15, 0.2) is 47.2 Å². The van der Waals surface area contributed by atoms with Crippen molar-refractivity contribution in [3.63, 3.8) is 0 Å². The molecule has 1 aromatic carbocycles. The summed E-state index contributed by atoms with van der Waals surface area (Å²) in [6.07, 6.45) is 0. The van der Waals surface area contributed by atoms with E-state index in [1.54, 1.807) is 28.2 Å². The number of nitrogens with zero attached hydrogens (tertiary/aromatic N) is 4. The maximum Gasteiger partial charge on any atom is 0.291 e. The number of rotatable bonds is 6. The summed E-state index contributed by atoms with van der Waals surface area (Å²) in [6.45, 7) is 4.47. The molecule has 3 aromatic heterocycles. The monoisotopic (exact) mass is 427 g/mol. The third-order valence-electron chi connectivity index (χ3n) is 4.12. The molecule has 0 bridgehead atoms. The number of carbonyl (C=O) groups excluding carboxylic acids is 1. The average Bonchev–Trinajstić information content (AvgIpc) is 3.46. The van der Waals surface area contributed by atoms with Crippen LogP contribution in [0, 0.1) is 5.82 Å². The summed E-state index contributed by atoms with van der Waals surface area (Å²) in [5, 5.41) is 12.1. The van der Waals surface area contributed by atoms with Crippen molar-refractivity contribution in [3.8, 4) is 16.4 Å². The number of hydrogen-bond donors (Lipinski definition) is 1. The molecular formula is C20H18FN5OS2. The minimum atomic E-state index is -0.386. The number of benzene rings is 1. The summed E-state index contributed by atoms with van der Waals surface area (Å²) >= 11 is 3.07. The van der Waals surface area contributed by atoms with E-state index in [-0.39, 0.29) is 17.5 Å². The maximum absolute atomic E-state index is 13.3. The Morgan fingerprint density at radius 1 is 1.17 bits per heavy atom. The van der Waals surface area contributed by atoms with Crippen LogP contribution in [0.4, 0.5) is 4.39 Å². The summed E-state index contributed by atoms with van der Waals surface area (Å²) in [4.78, 5) is 22.5. The van der Waals surface area contributed by atoms with Crippen LogP contribution in [0.1, 0.15) is 41.1 Å². The number of thiophene rings is 1. The highest BCUT2D eigenvalue weighted by Gasteiger charge is 2.19. The molecule has 29 heavy (non-hydrogen) atoms. The highest BCUT2D eigenvalue weighted by molar-refractivity contribution is 7.13. The number of thiazole rings is 1. The molecule has 0 radical (unpaired) electrons. The van der Waals surface area contributed by atoms with Crippen LogP contribution in [0.25, 0.3) is 16.4 Å². The third kappa shape index (κ3) is 4.25. The lowest BCUT2D eigenvalue weighted by atomic mass is 10.2. The van der Waals surface area contributed by atoms with Gasteiger partial charge in [-0.25, -0.2) is 19.0 Å². The Balaban J connectivity index is 1.59. The Hall–Kier alpha value is -2.91. The molecule has 0 spiro atoms. The van der Waals surface area contributed by atoms with Crippen LogP contribution in [-0.4, -0.2) is 25.7 Å². The van der Waals surface area contributed by atoms with Crippen LogP contribution in [0.5, 0.6) is 0 Å². The van der Waals surface area contributed by atoms with Crippen LogP contribution < -0.4 is 5.32 Å². The van der Waals surface area contributed by atoms with Crippen LogP contribution in [-0.2, 0) is 6.54 Å². The van der Waals surface area contributed by atoms with Gasteiger partial charge in [0.15, 0.2) is 5.82 Å². The molecule has 6 nitrogen and oxygen atoms in total. The fourth-order valence-electron chi connectivity index (χ4n) is 2.65. The van der Waals surface area contributed by atoms with E-state index in [1.165, 1.54) is 23.5 Å². The summed E-state index contributed by atoms with van der Waals surface area (Å²) in [5.74, 6) is 0.215. The first-order chi connectivity index (χ1) is 14.0. The molecule has 0 aliphatic carbocycles. The maximum atomic E-state index is 13.3. The number of aromatic nitrogens is 4. The molecule has 0 atom stereocenters. The van der Waals surface area contributed by atoms with Gasteiger partial charge in [-0.15, -0.1) is 27.8 Å². The molecule has 0 saturated carbocycles. The molecule has 4 aromatic rings. The number of halogens is 1. The molecule has 1 amide bonds. The predicted molar refractivity (Wildman–Crippen MR) is 112 cm³/mol. The molecule has 9 heteroatoms. The highest BCUT2D eigenvalue weighted by Crippen LogP contribution is 2.26. The van der Waals surface area contributed by atoms with Crippen molar-refractivity contribution in [1.82, 2.24) is 25.1 Å². The fraction of sp³-hybridized carbons (Fsp3) is 0.200. The summed E-state index contributed by atoms with van der Waals surface area (Å²) in [5.41, 5.74) is 1.44. The van der Waals surface area contributed by atoms with E-state index in [9.17, 15) is 9.18 Å². The van der Waals surface area contributed by atoms with Crippen molar-refractivity contribution < 1.29 is 9.18 Å². The van der Waals surface area contributed by atoms with Gasteiger partial charge in [0.1, 0.15) is 5.82 Å². The third-order valence-corrected chi connectivity index (χ3v) is 6.18. The molecule has 148 valence electrons. The van der Waals surface area contributed by atoms with Gasteiger partial charge >= 0.3 is 0 Å². The minimum absolute atomic E-state index is 0.0528. The highest BCUT2D eigenvalue weighted by atomic mass is 32.1. The van der Waals surface area contributed by atoms with E-state index < -0.39 is 0 Å². The summed E-state index contributed by atoms with van der Waals surface area (Å²) < 4.78 is 14.9. The Labute approximate surface area is 175 Å². The molecule has 3 heterocycles. The van der Waals surface area contributed by atoms with E-state index in [0.29, 0.717) is 24.0 Å². The minimum Gasteiger partial charge on any atom is -0.344 e. The van der Waals surface area contributed by atoms with Gasteiger partial charge in [0.05, 0.1) is 27.8 Å². The Morgan fingerprint density at radius 2 is 1.97 bits per heavy atom. The van der Waals surface area contributed by atoms with E-state index in [0.717, 1.165) is 15.6 Å². The zero-order chi connectivity index (χ0) is 20.4. The lowest BCUT2D eigenvalue weighted by Gasteiger charge is -2.04. The van der Waals surface area contributed by atoms with Crippen molar-refractivity contribution >= 4 is 28.6 Å². The van der Waals surface area contributed by atoms with Gasteiger partial charge in [0.2, 0.25) is 5.82 Å². The molecule has 0 fully saturated rings. The van der Waals surface area contributed by atoms with Gasteiger partial charge < -0.3 is 5.32 Å². The molecule has 0 saturated heterocycles. The predicted octanol–water partition coefficient (Wildman–Crippen LogP) is 4.64. The van der Waals surface area contributed by atoms with Crippen molar-refractivity contribution in [1.29, 1.82) is 0 Å². The quantitative estimate of drug-likeness (QED) is 0.486. The van der Waals surface area contributed by atoms with Crippen molar-refractivity contribution in [2.24, 2.45) is 0 Å². The van der Waals surface area contributed by atoms with Crippen molar-refractivity contribution in [2.75, 3.05) is 0 Å². The topological polar surface area (TPSA) is 72.7 Å². The first kappa shape index (κ1) is 19.4. The standard InChI is InChI=1S/C20H18FN5OS2/c1-12(2)20-23-14(11-29-20)10-22-19(27)17-24-18(16-4-3-9-28-16)26(25-17)15-7-5-13(21)6-8-15/h3-9,11-12H,10H2,1-2H3,(H,22,27). The average molecular weight is 428 g/mol. The van der Waals surface area contributed by atoms with Gasteiger partial charge in [0.25, 0.3) is 5.91 Å². The zero-order valence-corrected chi connectivity index (χ0v) is 17.4. The fourth-order valence-corrected chi connectivity index (χ4v) is 4.19. The van der Waals surface area contributed by atoms with Gasteiger partial charge in [-0.3, -0.25) is 4.79 Å². The molecule has 0 aliphatic heterocycles. The number of carbonyl (C=O) groups is 1. The number of nitrogens with one attached hydrogen (secondary N) is 1. The second-order valence-electron chi connectivity index (χ2n) is 6.64. The normalized spacial score (nSPS) is 11.2. The molecule has 1 N–H and O–H groups in total. The van der Waals surface area contributed by atoms with Gasteiger partial charge in [0, 0.05) is 11.3 Å². The summed E-state index contributed by atoms with van der Waals surface area (Å²) in [6, 6.07) is 9.71. The first-order valence-electron chi connectivity index (χ1n) is 9.00. The number of amides is 1. The van der Waals surface area contributed by atoms with Gasteiger partial charge in [-0.1, -0.05) is 19.9 Å². The van der Waals surface area contributed by atoms with Crippen molar-refractivity contribution in [3.05, 3.63) is 69.5 Å². The lowest BCUT2D eigenvalue weighted by molar-refractivity contribution is 0.0940. The SMILES string of the molecule is CC(C)c1nc(CNC(=O)c2nc(-c3cccs3)n(-c3ccc(F)cc3)n2)cs1. The zero-order valence-electron chi connectivity index (χ0n) is 15.8. The second-order valence-corrected chi connectivity index (χ2v) is 8.48. The molecular weight excluding hydrogens is 409 g/mol. The summed E-state index contributed by atoms with van der Waals surface area (Å²) in [7, 11) is 0. The molecule has 4 rings (SSSR count). The van der Waals surface area contributed by atoms with E-state index in [4.69, 9.17) is 0 Å². The van der Waals surface area contributed by atoms with Crippen LogP contribution in [0.3, 0.4) is 0 Å². The Bertz CT molecular complexity index is 1120. The Morgan fingerprint density at radius 3 is 2.62 bits per heavy atom. The largest absolute Gasteiger partial charge is 0.344 e. The van der Waals surface area contributed by atoms with E-state index >= 15 is 0 Å². The molecule has 0 unspecified atom stereocenters. The van der Waals surface area contributed by atoms with Crippen LogP contribution >= 0.6 is 22.7 Å². The van der Waals surface area contributed by atoms with Gasteiger partial charge in [-0.05, 0) is 35.7 Å². The number of hydrogen-bond acceptors (Lipinski definition) is 6. The van der Waals surface area contributed by atoms with Crippen molar-refractivity contribution in [2.45, 2.75) is 26.3 Å². The first-order valence-corrected chi connectivity index (χ1v) is 10.8. The molecule has 0 aliphatic rings. The smallest absolute Gasteiger partial charge is 0.291 e. The van der Waals surface area contributed by atoms with E-state index in [1.807, 2.05) is 22.9 Å².